The Morgan fingerprint density at radius 2 is 1.83 bits per heavy atom. The van der Waals surface area contributed by atoms with Crippen LogP contribution in [0.2, 0.25) is 5.15 Å². The molecule has 35 heavy (non-hydrogen) atoms. The number of hydrogen-bond donors (Lipinski definition) is 2. The van der Waals surface area contributed by atoms with E-state index in [4.69, 9.17) is 11.6 Å². The van der Waals surface area contributed by atoms with Crippen molar-refractivity contribution < 1.29 is 28.2 Å². The van der Waals surface area contributed by atoms with Crippen LogP contribution in [-0.2, 0) is 6.18 Å². The van der Waals surface area contributed by atoms with E-state index in [2.05, 4.69) is 4.98 Å². The molecule has 3 aliphatic rings. The number of hydrogen-bond acceptors (Lipinski definition) is 5. The molecule has 192 valence electrons. The third-order valence-electron chi connectivity index (χ3n) is 7.71. The average Bonchev–Trinajstić information content (AvgIpc) is 3.62. The van der Waals surface area contributed by atoms with Crippen molar-refractivity contribution in [3.05, 3.63) is 34.2 Å². The fraction of sp³-hybridized carbons (Fsp3) is 0.667. The Labute approximate surface area is 206 Å². The zero-order valence-electron chi connectivity index (χ0n) is 19.5. The standard InChI is InChI=1S/C24H30ClF3N4O3/c1-2-15-11-30(16-5-7-17(33)8-6-16)19(34)12-31(15)23(35)20-21(25)32-10-14(13-3-4-13)9-18(22(32)29-20)24(26,27)28/h9-10,13,15-17,19,33-34H,2-8,11-12H2,1H3. The summed E-state index contributed by atoms with van der Waals surface area (Å²) >= 11 is 6.47. The Kier molecular flexibility index (Phi) is 6.52. The van der Waals surface area contributed by atoms with Gasteiger partial charge in [0.1, 0.15) is 11.4 Å². The summed E-state index contributed by atoms with van der Waals surface area (Å²) < 4.78 is 42.7. The number of piperazine rings is 1. The second kappa shape index (κ2) is 9.21. The number of nitrogens with zero attached hydrogens (tertiary/aromatic N) is 4. The highest BCUT2D eigenvalue weighted by atomic mass is 35.5. The van der Waals surface area contributed by atoms with Gasteiger partial charge in [-0.05, 0) is 62.5 Å². The van der Waals surface area contributed by atoms with Crippen molar-refractivity contribution in [3.8, 4) is 0 Å². The van der Waals surface area contributed by atoms with Crippen LogP contribution in [0.25, 0.3) is 5.65 Å². The van der Waals surface area contributed by atoms with Crippen LogP contribution in [0, 0.1) is 0 Å². The number of β-amino-alcohol motifs (C(OH)–C–C–N with tert-alkyl or cyclic N) is 1. The van der Waals surface area contributed by atoms with Gasteiger partial charge in [0.15, 0.2) is 11.3 Å². The lowest BCUT2D eigenvalue weighted by Gasteiger charge is -2.48. The lowest BCUT2D eigenvalue weighted by Crippen LogP contribution is -2.62. The molecule has 2 saturated carbocycles. The highest BCUT2D eigenvalue weighted by Gasteiger charge is 2.42. The number of rotatable bonds is 4. The van der Waals surface area contributed by atoms with E-state index in [-0.39, 0.29) is 47.1 Å². The molecule has 2 N–H and O–H groups in total. The van der Waals surface area contributed by atoms with E-state index in [9.17, 15) is 28.2 Å². The SMILES string of the molecule is CCC1CN(C2CCC(O)CC2)C(O)CN1C(=O)c1nc2c(C(F)(F)F)cc(C3CC3)cn2c1Cl. The third-order valence-corrected chi connectivity index (χ3v) is 8.07. The minimum Gasteiger partial charge on any atom is -0.393 e. The van der Waals surface area contributed by atoms with Crippen LogP contribution in [-0.4, -0.2) is 72.8 Å². The molecule has 2 aliphatic carbocycles. The van der Waals surface area contributed by atoms with Crippen molar-refractivity contribution in [2.24, 2.45) is 0 Å². The van der Waals surface area contributed by atoms with Gasteiger partial charge in [0, 0.05) is 24.8 Å². The first-order valence-corrected chi connectivity index (χ1v) is 12.7. The summed E-state index contributed by atoms with van der Waals surface area (Å²) in [6.07, 6.45) is 0.825. The van der Waals surface area contributed by atoms with Gasteiger partial charge in [-0.2, -0.15) is 13.2 Å². The normalized spacial score (nSPS) is 28.6. The molecule has 0 radical (unpaired) electrons. The number of alkyl halides is 3. The average molecular weight is 515 g/mol. The summed E-state index contributed by atoms with van der Waals surface area (Å²) in [4.78, 5) is 21.1. The van der Waals surface area contributed by atoms with Gasteiger partial charge in [-0.15, -0.1) is 0 Å². The first-order chi connectivity index (χ1) is 16.6. The molecule has 1 amide bonds. The van der Waals surface area contributed by atoms with Gasteiger partial charge in [-0.3, -0.25) is 14.1 Å². The maximum absolute atomic E-state index is 13.8. The minimum absolute atomic E-state index is 0.0139. The van der Waals surface area contributed by atoms with E-state index < -0.39 is 23.9 Å². The van der Waals surface area contributed by atoms with Crippen LogP contribution in [0.1, 0.15) is 79.4 Å². The van der Waals surface area contributed by atoms with Crippen LogP contribution in [0.4, 0.5) is 13.2 Å². The molecule has 1 saturated heterocycles. The van der Waals surface area contributed by atoms with Crippen molar-refractivity contribution in [2.45, 2.75) is 88.4 Å². The van der Waals surface area contributed by atoms with Crippen molar-refractivity contribution in [3.63, 3.8) is 0 Å². The van der Waals surface area contributed by atoms with E-state index in [1.165, 1.54) is 9.30 Å². The zero-order valence-corrected chi connectivity index (χ0v) is 20.3. The molecule has 0 spiro atoms. The summed E-state index contributed by atoms with van der Waals surface area (Å²) in [6.45, 7) is 2.38. The van der Waals surface area contributed by atoms with E-state index >= 15 is 0 Å². The summed E-state index contributed by atoms with van der Waals surface area (Å²) in [5.41, 5.74) is -0.983. The lowest BCUT2D eigenvalue weighted by atomic mass is 9.90. The number of fused-ring (bicyclic) bond motifs is 1. The summed E-state index contributed by atoms with van der Waals surface area (Å²) in [5.74, 6) is -0.517. The van der Waals surface area contributed by atoms with E-state index in [0.29, 0.717) is 31.4 Å². The highest BCUT2D eigenvalue weighted by molar-refractivity contribution is 6.33. The summed E-state index contributed by atoms with van der Waals surface area (Å²) in [6, 6.07) is 0.986. The van der Waals surface area contributed by atoms with Crippen molar-refractivity contribution in [1.29, 1.82) is 0 Å². The number of imidazole rings is 1. The third kappa shape index (κ3) is 4.65. The number of carbonyl (C=O) groups excluding carboxylic acids is 1. The molecule has 2 atom stereocenters. The topological polar surface area (TPSA) is 81.3 Å². The van der Waals surface area contributed by atoms with Crippen molar-refractivity contribution in [2.75, 3.05) is 13.1 Å². The van der Waals surface area contributed by atoms with Gasteiger partial charge in [0.25, 0.3) is 5.91 Å². The van der Waals surface area contributed by atoms with Crippen LogP contribution in [0.3, 0.4) is 0 Å². The smallest absolute Gasteiger partial charge is 0.393 e. The van der Waals surface area contributed by atoms with Gasteiger partial charge in [-0.1, -0.05) is 18.5 Å². The fourth-order valence-electron chi connectivity index (χ4n) is 5.53. The second-order valence-corrected chi connectivity index (χ2v) is 10.4. The number of amides is 1. The molecule has 0 aromatic carbocycles. The van der Waals surface area contributed by atoms with Gasteiger partial charge in [0.05, 0.1) is 18.2 Å². The predicted molar refractivity (Wildman–Crippen MR) is 123 cm³/mol. The molecule has 2 aromatic rings. The number of aliphatic hydroxyl groups is 2. The van der Waals surface area contributed by atoms with Gasteiger partial charge >= 0.3 is 6.18 Å². The number of carbonyl (C=O) groups is 1. The molecule has 3 heterocycles. The molecular formula is C24H30ClF3N4O3. The maximum Gasteiger partial charge on any atom is 0.419 e. The Morgan fingerprint density at radius 1 is 1.14 bits per heavy atom. The van der Waals surface area contributed by atoms with Gasteiger partial charge in [0.2, 0.25) is 0 Å². The van der Waals surface area contributed by atoms with Crippen LogP contribution in [0.5, 0.6) is 0 Å². The van der Waals surface area contributed by atoms with Gasteiger partial charge in [-0.25, -0.2) is 4.98 Å². The van der Waals surface area contributed by atoms with Crippen LogP contribution in [0.15, 0.2) is 12.3 Å². The molecular weight excluding hydrogens is 485 g/mol. The lowest BCUT2D eigenvalue weighted by molar-refractivity contribution is -0.136. The molecule has 2 aromatic heterocycles. The first kappa shape index (κ1) is 24.8. The fourth-order valence-corrected chi connectivity index (χ4v) is 5.78. The molecule has 3 fully saturated rings. The van der Waals surface area contributed by atoms with E-state index in [1.807, 2.05) is 11.8 Å². The van der Waals surface area contributed by atoms with Crippen molar-refractivity contribution >= 4 is 23.2 Å². The number of halogens is 4. The molecule has 7 nitrogen and oxygen atoms in total. The Hall–Kier alpha value is -1.88. The molecule has 11 heteroatoms. The van der Waals surface area contributed by atoms with Crippen molar-refractivity contribution in [1.82, 2.24) is 19.2 Å². The Bertz CT molecular complexity index is 1110. The minimum atomic E-state index is -4.64. The predicted octanol–water partition coefficient (Wildman–Crippen LogP) is 4.04. The zero-order chi connectivity index (χ0) is 25.1. The van der Waals surface area contributed by atoms with Crippen LogP contribution >= 0.6 is 11.6 Å². The monoisotopic (exact) mass is 514 g/mol. The summed E-state index contributed by atoms with van der Waals surface area (Å²) in [5, 5.41) is 20.6. The number of aromatic nitrogens is 2. The van der Waals surface area contributed by atoms with Gasteiger partial charge < -0.3 is 15.1 Å². The Morgan fingerprint density at radius 3 is 2.43 bits per heavy atom. The molecule has 2 unspecified atom stereocenters. The molecule has 0 bridgehead atoms. The number of pyridine rings is 1. The Balaban J connectivity index is 1.45. The van der Waals surface area contributed by atoms with Crippen LogP contribution < -0.4 is 0 Å². The molecule has 1 aliphatic heterocycles. The number of aliphatic hydroxyl groups excluding tert-OH is 2. The largest absolute Gasteiger partial charge is 0.419 e. The van der Waals surface area contributed by atoms with E-state index in [0.717, 1.165) is 31.7 Å². The second-order valence-electron chi connectivity index (χ2n) is 10.1. The summed E-state index contributed by atoms with van der Waals surface area (Å²) in [7, 11) is 0. The first-order valence-electron chi connectivity index (χ1n) is 12.3. The quantitative estimate of drug-likeness (QED) is 0.643. The maximum atomic E-state index is 13.8. The molecule has 5 rings (SSSR count). The van der Waals surface area contributed by atoms with E-state index in [1.54, 1.807) is 6.20 Å². The highest BCUT2D eigenvalue weighted by Crippen LogP contribution is 2.43.